The highest BCUT2D eigenvalue weighted by Crippen LogP contribution is 2.11. The van der Waals surface area contributed by atoms with Gasteiger partial charge in [-0.15, -0.1) is 12.3 Å². The molecule has 1 atom stereocenters. The molecular weight excluding hydrogens is 152 g/mol. The molecule has 1 rings (SSSR count). The number of aryl methyl sites for hydroxylation is 1. The van der Waals surface area contributed by atoms with Gasteiger partial charge in [-0.05, 0) is 6.07 Å². The van der Waals surface area contributed by atoms with Gasteiger partial charge in [0.15, 0.2) is 0 Å². The molecule has 1 heterocycles. The molecule has 1 aromatic rings. The summed E-state index contributed by atoms with van der Waals surface area (Å²) in [4.78, 5) is 0. The quantitative estimate of drug-likeness (QED) is 0.374. The van der Waals surface area contributed by atoms with E-state index in [1.54, 1.807) is 4.68 Å². The lowest BCUT2D eigenvalue weighted by Crippen LogP contribution is -2.28. The van der Waals surface area contributed by atoms with Crippen LogP contribution in [0.3, 0.4) is 0 Å². The van der Waals surface area contributed by atoms with Crippen LogP contribution in [0.5, 0.6) is 0 Å². The van der Waals surface area contributed by atoms with Crippen molar-refractivity contribution in [2.24, 2.45) is 12.9 Å². The third-order valence-corrected chi connectivity index (χ3v) is 1.61. The Bertz CT molecular complexity index is 283. The van der Waals surface area contributed by atoms with Gasteiger partial charge in [0.2, 0.25) is 0 Å². The molecule has 12 heavy (non-hydrogen) atoms. The third-order valence-electron chi connectivity index (χ3n) is 1.61. The maximum absolute atomic E-state index is 5.31. The smallest absolute Gasteiger partial charge is 0.0817 e. The first-order chi connectivity index (χ1) is 5.77. The van der Waals surface area contributed by atoms with Crippen molar-refractivity contribution in [3.63, 3.8) is 0 Å². The maximum Gasteiger partial charge on any atom is 0.0817 e. The molecule has 0 fully saturated rings. The van der Waals surface area contributed by atoms with E-state index in [2.05, 4.69) is 16.4 Å². The summed E-state index contributed by atoms with van der Waals surface area (Å²) in [5.41, 5.74) is 3.49. The number of hydrogen-bond acceptors (Lipinski definition) is 3. The van der Waals surface area contributed by atoms with Crippen molar-refractivity contribution in [1.82, 2.24) is 15.2 Å². The Kier molecular flexibility index (Phi) is 2.86. The highest BCUT2D eigenvalue weighted by Gasteiger charge is 2.09. The number of nitrogens with zero attached hydrogens (tertiary/aromatic N) is 2. The topological polar surface area (TPSA) is 55.9 Å². The van der Waals surface area contributed by atoms with Crippen molar-refractivity contribution in [2.45, 2.75) is 12.5 Å². The van der Waals surface area contributed by atoms with Crippen LogP contribution in [0, 0.1) is 12.3 Å². The lowest BCUT2D eigenvalue weighted by molar-refractivity contribution is 0.543. The molecule has 0 amide bonds. The number of nitrogens with one attached hydrogen (secondary N) is 1. The number of aromatic nitrogens is 2. The average Bonchev–Trinajstić information content (AvgIpc) is 2.47. The SMILES string of the molecule is C#CCC(NN)c1ccn(C)n1. The van der Waals surface area contributed by atoms with Crippen LogP contribution in [-0.2, 0) is 7.05 Å². The Morgan fingerprint density at radius 3 is 3.08 bits per heavy atom. The van der Waals surface area contributed by atoms with Crippen LogP contribution in [0.1, 0.15) is 18.2 Å². The van der Waals surface area contributed by atoms with E-state index < -0.39 is 0 Å². The minimum atomic E-state index is -0.0452. The van der Waals surface area contributed by atoms with Crippen molar-refractivity contribution in [1.29, 1.82) is 0 Å². The van der Waals surface area contributed by atoms with Gasteiger partial charge in [-0.3, -0.25) is 16.0 Å². The van der Waals surface area contributed by atoms with E-state index in [4.69, 9.17) is 12.3 Å². The van der Waals surface area contributed by atoms with Gasteiger partial charge in [0.1, 0.15) is 0 Å². The van der Waals surface area contributed by atoms with Crippen LogP contribution in [0.4, 0.5) is 0 Å². The zero-order valence-corrected chi connectivity index (χ0v) is 6.99. The number of terminal acetylenes is 1. The molecule has 0 aliphatic heterocycles. The molecule has 4 nitrogen and oxygen atoms in total. The Morgan fingerprint density at radius 1 is 1.92 bits per heavy atom. The van der Waals surface area contributed by atoms with E-state index in [0.29, 0.717) is 6.42 Å². The summed E-state index contributed by atoms with van der Waals surface area (Å²) < 4.78 is 1.72. The predicted molar refractivity (Wildman–Crippen MR) is 46.7 cm³/mol. The summed E-state index contributed by atoms with van der Waals surface area (Å²) in [7, 11) is 1.85. The van der Waals surface area contributed by atoms with Gasteiger partial charge in [0.25, 0.3) is 0 Å². The molecular formula is C8H12N4. The second-order valence-corrected chi connectivity index (χ2v) is 2.54. The molecule has 0 radical (unpaired) electrons. The standard InChI is InChI=1S/C8H12N4/c1-3-4-7(10-9)8-5-6-12(2)11-8/h1,5-7,10H,4,9H2,2H3. The largest absolute Gasteiger partial charge is 0.275 e. The van der Waals surface area contributed by atoms with Crippen molar-refractivity contribution in [3.05, 3.63) is 18.0 Å². The number of hydrogen-bond donors (Lipinski definition) is 2. The molecule has 0 aliphatic carbocycles. The Hall–Kier alpha value is -1.31. The van der Waals surface area contributed by atoms with Crippen LogP contribution in [0.2, 0.25) is 0 Å². The monoisotopic (exact) mass is 164 g/mol. The molecule has 0 spiro atoms. The summed E-state index contributed by atoms with van der Waals surface area (Å²) in [5.74, 6) is 7.84. The highest BCUT2D eigenvalue weighted by atomic mass is 15.3. The van der Waals surface area contributed by atoms with E-state index >= 15 is 0 Å². The predicted octanol–water partition coefficient (Wildman–Crippen LogP) is -0.0522. The number of nitrogens with two attached hydrogens (primary N) is 1. The first-order valence-electron chi connectivity index (χ1n) is 3.67. The fourth-order valence-electron chi connectivity index (χ4n) is 0.986. The van der Waals surface area contributed by atoms with E-state index in [0.717, 1.165) is 5.69 Å². The molecule has 0 aromatic carbocycles. The van der Waals surface area contributed by atoms with Crippen LogP contribution in [0.15, 0.2) is 12.3 Å². The summed E-state index contributed by atoms with van der Waals surface area (Å²) in [5, 5.41) is 4.18. The lowest BCUT2D eigenvalue weighted by Gasteiger charge is -2.08. The van der Waals surface area contributed by atoms with Gasteiger partial charge in [-0.1, -0.05) is 0 Å². The van der Waals surface area contributed by atoms with Gasteiger partial charge in [-0.2, -0.15) is 5.10 Å². The molecule has 1 aromatic heterocycles. The molecule has 0 bridgehead atoms. The molecule has 4 heteroatoms. The zero-order chi connectivity index (χ0) is 8.97. The molecule has 0 saturated heterocycles. The van der Waals surface area contributed by atoms with Crippen molar-refractivity contribution < 1.29 is 0 Å². The van der Waals surface area contributed by atoms with Gasteiger partial charge in [-0.25, -0.2) is 0 Å². The zero-order valence-electron chi connectivity index (χ0n) is 6.99. The van der Waals surface area contributed by atoms with E-state index in [9.17, 15) is 0 Å². The summed E-state index contributed by atoms with van der Waals surface area (Å²) in [6.45, 7) is 0. The van der Waals surface area contributed by atoms with Gasteiger partial charge < -0.3 is 0 Å². The van der Waals surface area contributed by atoms with Crippen molar-refractivity contribution in [3.8, 4) is 12.3 Å². The highest BCUT2D eigenvalue weighted by molar-refractivity contribution is 5.08. The maximum atomic E-state index is 5.31. The summed E-state index contributed by atoms with van der Waals surface area (Å²) >= 11 is 0. The van der Waals surface area contributed by atoms with Crippen LogP contribution >= 0.6 is 0 Å². The fraction of sp³-hybridized carbons (Fsp3) is 0.375. The number of hydrazine groups is 1. The summed E-state index contributed by atoms with van der Waals surface area (Å²) in [6.07, 6.45) is 7.58. The lowest BCUT2D eigenvalue weighted by atomic mass is 10.1. The van der Waals surface area contributed by atoms with Crippen LogP contribution in [0.25, 0.3) is 0 Å². The Morgan fingerprint density at radius 2 is 2.67 bits per heavy atom. The minimum absolute atomic E-state index is 0.0452. The van der Waals surface area contributed by atoms with E-state index in [1.807, 2.05) is 19.3 Å². The molecule has 0 saturated carbocycles. The van der Waals surface area contributed by atoms with Crippen molar-refractivity contribution in [2.75, 3.05) is 0 Å². The fourth-order valence-corrected chi connectivity index (χ4v) is 0.986. The molecule has 1 unspecified atom stereocenters. The second-order valence-electron chi connectivity index (χ2n) is 2.54. The third kappa shape index (κ3) is 1.84. The van der Waals surface area contributed by atoms with Crippen LogP contribution < -0.4 is 11.3 Å². The van der Waals surface area contributed by atoms with Gasteiger partial charge in [0, 0.05) is 19.7 Å². The Balaban J connectivity index is 2.74. The van der Waals surface area contributed by atoms with E-state index in [1.165, 1.54) is 0 Å². The first kappa shape index (κ1) is 8.78. The van der Waals surface area contributed by atoms with Crippen molar-refractivity contribution >= 4 is 0 Å². The van der Waals surface area contributed by atoms with Gasteiger partial charge >= 0.3 is 0 Å². The average molecular weight is 164 g/mol. The Labute approximate surface area is 71.7 Å². The number of rotatable bonds is 3. The van der Waals surface area contributed by atoms with Gasteiger partial charge in [0.05, 0.1) is 11.7 Å². The van der Waals surface area contributed by atoms with Crippen LogP contribution in [-0.4, -0.2) is 9.78 Å². The second kappa shape index (κ2) is 3.90. The molecule has 0 aliphatic rings. The molecule has 3 N–H and O–H groups in total. The summed E-state index contributed by atoms with van der Waals surface area (Å²) in [6, 6.07) is 1.85. The first-order valence-corrected chi connectivity index (χ1v) is 3.67. The van der Waals surface area contributed by atoms with E-state index in [-0.39, 0.29) is 6.04 Å². The minimum Gasteiger partial charge on any atom is -0.275 e. The molecule has 64 valence electrons. The normalized spacial score (nSPS) is 12.4.